The Morgan fingerprint density at radius 3 is 3.11 bits per heavy atom. The van der Waals surface area contributed by atoms with Gasteiger partial charge < -0.3 is 10.3 Å². The number of fused-ring (bicyclic) bond motifs is 1. The second-order valence-electron chi connectivity index (χ2n) is 3.98. The molecule has 90 valence electrons. The summed E-state index contributed by atoms with van der Waals surface area (Å²) < 4.78 is 0. The molecule has 6 heteroatoms. The average molecular weight is 240 g/mol. The van der Waals surface area contributed by atoms with Gasteiger partial charge in [0.2, 0.25) is 0 Å². The molecule has 3 rings (SSSR count). The van der Waals surface area contributed by atoms with Crippen LogP contribution in [0.1, 0.15) is 11.1 Å². The summed E-state index contributed by atoms with van der Waals surface area (Å²) >= 11 is 0. The molecule has 0 aliphatic carbocycles. The van der Waals surface area contributed by atoms with E-state index in [0.29, 0.717) is 12.2 Å². The van der Waals surface area contributed by atoms with Crippen LogP contribution < -0.4 is 5.32 Å². The highest BCUT2D eigenvalue weighted by Gasteiger charge is 2.05. The van der Waals surface area contributed by atoms with Crippen LogP contribution in [0.3, 0.4) is 0 Å². The van der Waals surface area contributed by atoms with Gasteiger partial charge >= 0.3 is 0 Å². The number of aromatic amines is 1. The molecular weight excluding hydrogens is 228 g/mol. The number of hydrogen-bond acceptors (Lipinski definition) is 5. The summed E-state index contributed by atoms with van der Waals surface area (Å²) in [4.78, 5) is 19.5. The topological polar surface area (TPSA) is 79.4 Å². The predicted octanol–water partition coefficient (Wildman–Crippen LogP) is 1.67. The lowest BCUT2D eigenvalue weighted by atomic mass is 10.1. The molecule has 3 aromatic rings. The maximum absolute atomic E-state index is 4.21. The molecule has 2 N–H and O–H groups in total. The number of hydrogen-bond donors (Lipinski definition) is 2. The fraction of sp³-hybridized carbons (Fsp3) is 0.167. The third kappa shape index (κ3) is 1.88. The molecule has 3 heterocycles. The first-order valence-electron chi connectivity index (χ1n) is 5.62. The quantitative estimate of drug-likeness (QED) is 0.728. The maximum atomic E-state index is 4.21. The second-order valence-corrected chi connectivity index (χ2v) is 3.98. The van der Waals surface area contributed by atoms with Crippen molar-refractivity contribution in [3.63, 3.8) is 0 Å². The minimum atomic E-state index is 0.662. The number of pyridine rings is 1. The standard InChI is InChI=1S/C12H12N6/c1-8-2-3-13-4-9(8)5-14-11-10-12(16-6-15-10)18-7-17-11/h2-4,6-7H,5H2,1H3,(H2,14,15,16,17,18). The Bertz CT molecular complexity index is 675. The number of H-pyrrole nitrogens is 1. The van der Waals surface area contributed by atoms with E-state index in [1.54, 1.807) is 12.5 Å². The van der Waals surface area contributed by atoms with E-state index in [2.05, 4.69) is 37.2 Å². The van der Waals surface area contributed by atoms with E-state index in [0.717, 1.165) is 16.9 Å². The van der Waals surface area contributed by atoms with Gasteiger partial charge in [0.1, 0.15) is 11.8 Å². The third-order valence-corrected chi connectivity index (χ3v) is 2.82. The molecule has 0 radical (unpaired) electrons. The Balaban J connectivity index is 1.85. The van der Waals surface area contributed by atoms with Crippen LogP contribution in [-0.4, -0.2) is 24.9 Å². The summed E-state index contributed by atoms with van der Waals surface area (Å²) in [5.41, 5.74) is 3.82. The number of rotatable bonds is 3. The molecule has 6 nitrogen and oxygen atoms in total. The van der Waals surface area contributed by atoms with Crippen LogP contribution in [0.5, 0.6) is 0 Å². The Hall–Kier alpha value is -2.50. The molecular formula is C12H12N6. The van der Waals surface area contributed by atoms with Gasteiger partial charge in [0.15, 0.2) is 11.5 Å². The van der Waals surface area contributed by atoms with Crippen molar-refractivity contribution in [2.45, 2.75) is 13.5 Å². The lowest BCUT2D eigenvalue weighted by Gasteiger charge is -2.07. The summed E-state index contributed by atoms with van der Waals surface area (Å²) in [5, 5.41) is 3.27. The monoisotopic (exact) mass is 240 g/mol. The summed E-state index contributed by atoms with van der Waals surface area (Å²) in [6, 6.07) is 1.99. The summed E-state index contributed by atoms with van der Waals surface area (Å²) in [7, 11) is 0. The second kappa shape index (κ2) is 4.40. The van der Waals surface area contributed by atoms with Crippen LogP contribution in [0.15, 0.2) is 31.1 Å². The normalized spacial score (nSPS) is 10.7. The molecule has 0 saturated carbocycles. The maximum Gasteiger partial charge on any atom is 0.182 e. The van der Waals surface area contributed by atoms with E-state index in [1.165, 1.54) is 11.9 Å². The highest BCUT2D eigenvalue weighted by Crippen LogP contribution is 2.16. The molecule has 0 amide bonds. The van der Waals surface area contributed by atoms with Crippen LogP contribution in [0, 0.1) is 6.92 Å². The molecule has 0 bridgehead atoms. The third-order valence-electron chi connectivity index (χ3n) is 2.82. The van der Waals surface area contributed by atoms with Gasteiger partial charge in [-0.1, -0.05) is 0 Å². The van der Waals surface area contributed by atoms with Gasteiger partial charge in [-0.25, -0.2) is 15.0 Å². The van der Waals surface area contributed by atoms with Crippen LogP contribution in [0.2, 0.25) is 0 Å². The van der Waals surface area contributed by atoms with Gasteiger partial charge in [0.05, 0.1) is 6.33 Å². The summed E-state index contributed by atoms with van der Waals surface area (Å²) in [6.45, 7) is 2.73. The van der Waals surface area contributed by atoms with Crippen LogP contribution in [0.25, 0.3) is 11.2 Å². The summed E-state index contributed by atoms with van der Waals surface area (Å²) in [6.07, 6.45) is 6.76. The van der Waals surface area contributed by atoms with E-state index in [1.807, 2.05) is 12.3 Å². The van der Waals surface area contributed by atoms with Gasteiger partial charge in [-0.05, 0) is 24.1 Å². The van der Waals surface area contributed by atoms with Crippen LogP contribution >= 0.6 is 0 Å². The van der Waals surface area contributed by atoms with E-state index in [-0.39, 0.29) is 0 Å². The highest BCUT2D eigenvalue weighted by molar-refractivity contribution is 5.81. The average Bonchev–Trinajstić information content (AvgIpc) is 2.86. The predicted molar refractivity (Wildman–Crippen MR) is 68.0 cm³/mol. The first-order chi connectivity index (χ1) is 8.84. The lowest BCUT2D eigenvalue weighted by molar-refractivity contribution is 1.06. The van der Waals surface area contributed by atoms with Gasteiger partial charge in [-0.2, -0.15) is 0 Å². The number of nitrogens with zero attached hydrogens (tertiary/aromatic N) is 4. The molecule has 0 aliphatic heterocycles. The fourth-order valence-corrected chi connectivity index (χ4v) is 1.76. The lowest BCUT2D eigenvalue weighted by Crippen LogP contribution is -2.04. The molecule has 0 unspecified atom stereocenters. The Kier molecular flexibility index (Phi) is 2.60. The first-order valence-corrected chi connectivity index (χ1v) is 5.62. The highest BCUT2D eigenvalue weighted by atomic mass is 15.1. The van der Waals surface area contributed by atoms with Crippen molar-refractivity contribution in [3.8, 4) is 0 Å². The van der Waals surface area contributed by atoms with Crippen LogP contribution in [-0.2, 0) is 6.54 Å². The van der Waals surface area contributed by atoms with Crippen LogP contribution in [0.4, 0.5) is 5.82 Å². The molecule has 0 atom stereocenters. The van der Waals surface area contributed by atoms with E-state index >= 15 is 0 Å². The van der Waals surface area contributed by atoms with Crippen molar-refractivity contribution in [2.24, 2.45) is 0 Å². The minimum absolute atomic E-state index is 0.662. The number of anilines is 1. The molecule has 18 heavy (non-hydrogen) atoms. The first kappa shape index (κ1) is 10.6. The van der Waals surface area contributed by atoms with Gasteiger partial charge in [0, 0.05) is 18.9 Å². The zero-order chi connectivity index (χ0) is 12.4. The molecule has 0 aliphatic rings. The fourth-order valence-electron chi connectivity index (χ4n) is 1.76. The Labute approximate surface area is 104 Å². The molecule has 0 spiro atoms. The van der Waals surface area contributed by atoms with Crippen molar-refractivity contribution in [1.29, 1.82) is 0 Å². The van der Waals surface area contributed by atoms with Crippen molar-refractivity contribution in [3.05, 3.63) is 42.2 Å². The summed E-state index contributed by atoms with van der Waals surface area (Å²) in [5.74, 6) is 0.751. The van der Waals surface area contributed by atoms with Crippen molar-refractivity contribution in [2.75, 3.05) is 5.32 Å². The Morgan fingerprint density at radius 2 is 2.22 bits per heavy atom. The molecule has 0 aromatic carbocycles. The molecule has 3 aromatic heterocycles. The minimum Gasteiger partial charge on any atom is -0.364 e. The van der Waals surface area contributed by atoms with Gasteiger partial charge in [-0.3, -0.25) is 4.98 Å². The van der Waals surface area contributed by atoms with Crippen molar-refractivity contribution >= 4 is 17.0 Å². The molecule has 0 fully saturated rings. The Morgan fingerprint density at radius 1 is 1.28 bits per heavy atom. The van der Waals surface area contributed by atoms with E-state index in [4.69, 9.17) is 0 Å². The van der Waals surface area contributed by atoms with Gasteiger partial charge in [-0.15, -0.1) is 0 Å². The zero-order valence-corrected chi connectivity index (χ0v) is 9.88. The van der Waals surface area contributed by atoms with E-state index < -0.39 is 0 Å². The zero-order valence-electron chi connectivity index (χ0n) is 9.88. The van der Waals surface area contributed by atoms with Gasteiger partial charge in [0.25, 0.3) is 0 Å². The number of nitrogens with one attached hydrogen (secondary N) is 2. The van der Waals surface area contributed by atoms with Crippen molar-refractivity contribution in [1.82, 2.24) is 24.9 Å². The number of aromatic nitrogens is 5. The largest absolute Gasteiger partial charge is 0.364 e. The number of imidazole rings is 1. The smallest absolute Gasteiger partial charge is 0.182 e. The molecule has 0 saturated heterocycles. The van der Waals surface area contributed by atoms with E-state index in [9.17, 15) is 0 Å². The number of aryl methyl sites for hydroxylation is 1. The van der Waals surface area contributed by atoms with Crippen molar-refractivity contribution < 1.29 is 0 Å². The SMILES string of the molecule is Cc1ccncc1CNc1ncnc2nc[nH]c12.